The summed E-state index contributed by atoms with van der Waals surface area (Å²) < 4.78 is 22.2. The zero-order valence-corrected chi connectivity index (χ0v) is 19.7. The van der Waals surface area contributed by atoms with E-state index in [9.17, 15) is 0 Å². The molecule has 0 fully saturated rings. The van der Waals surface area contributed by atoms with E-state index < -0.39 is 8.80 Å². The van der Waals surface area contributed by atoms with Crippen LogP contribution in [0.4, 0.5) is 0 Å². The van der Waals surface area contributed by atoms with Crippen LogP contribution in [0.25, 0.3) is 0 Å². The van der Waals surface area contributed by atoms with Crippen LogP contribution >= 0.6 is 0 Å². The maximum Gasteiger partial charge on any atom is 0.500 e. The lowest BCUT2D eigenvalue weighted by Gasteiger charge is -2.24. The number of hydrogen-bond donors (Lipinski definition) is 1. The minimum Gasteiger partial charge on any atom is -0.494 e. The number of unbranched alkanes of at least 4 members (excludes halogenated alkanes) is 8. The molecule has 0 saturated heterocycles. The maximum absolute atomic E-state index is 5.80. The fourth-order valence-corrected chi connectivity index (χ4v) is 5.09. The van der Waals surface area contributed by atoms with Gasteiger partial charge in [0.15, 0.2) is 0 Å². The normalized spacial score (nSPS) is 12.3. The van der Waals surface area contributed by atoms with Gasteiger partial charge in [0.05, 0.1) is 12.3 Å². The lowest BCUT2D eigenvalue weighted by atomic mass is 10.1. The molecule has 0 radical (unpaired) electrons. The van der Waals surface area contributed by atoms with Gasteiger partial charge in [0.25, 0.3) is 0 Å². The van der Waals surface area contributed by atoms with Crippen LogP contribution in [0, 0.1) is 0 Å². The molecule has 2 N–H and O–H groups in total. The van der Waals surface area contributed by atoms with Gasteiger partial charge in [-0.1, -0.05) is 44.9 Å². The molecule has 0 unspecified atom stereocenters. The molecule has 0 heterocycles. The number of hydrazone groups is 1. The van der Waals surface area contributed by atoms with Crippen LogP contribution < -0.4 is 10.6 Å². The predicted molar refractivity (Wildman–Crippen MR) is 121 cm³/mol. The third kappa shape index (κ3) is 10.3. The predicted octanol–water partition coefficient (Wildman–Crippen LogP) is 5.14. The molecule has 7 heteroatoms. The van der Waals surface area contributed by atoms with Gasteiger partial charge in [-0.25, -0.2) is 0 Å². The third-order valence-corrected chi connectivity index (χ3v) is 8.13. The lowest BCUT2D eigenvalue weighted by Crippen LogP contribution is -2.42. The molecule has 0 bridgehead atoms. The zero-order valence-electron chi connectivity index (χ0n) is 18.7. The first-order chi connectivity index (χ1) is 14.1. The molecule has 166 valence electrons. The Kier molecular flexibility index (Phi) is 13.6. The van der Waals surface area contributed by atoms with Gasteiger partial charge in [-0.05, 0) is 49.6 Å². The Morgan fingerprint density at radius 1 is 0.793 bits per heavy atom. The van der Waals surface area contributed by atoms with E-state index in [1.54, 1.807) is 21.3 Å². The standard InChI is InChI=1S/C22H40N2O4Si/c1-20(24-23)21-14-16-22(17-15-21)28-18-12-10-8-6-5-7-9-11-13-19-29(25-2,26-3)27-4/h14-17H,5-13,18-19,23H2,1-4H3/b24-20+. The molecule has 0 aliphatic rings. The summed E-state index contributed by atoms with van der Waals surface area (Å²) in [6, 6.07) is 8.83. The van der Waals surface area contributed by atoms with Crippen molar-refractivity contribution in [1.82, 2.24) is 0 Å². The first-order valence-electron chi connectivity index (χ1n) is 10.7. The van der Waals surface area contributed by atoms with Crippen molar-refractivity contribution >= 4 is 14.5 Å². The number of hydrogen-bond acceptors (Lipinski definition) is 6. The molecule has 1 aromatic carbocycles. The second-order valence-corrected chi connectivity index (χ2v) is 10.4. The number of ether oxygens (including phenoxy) is 1. The molecule has 6 nitrogen and oxygen atoms in total. The van der Waals surface area contributed by atoms with Crippen LogP contribution in [0.1, 0.15) is 70.3 Å². The summed E-state index contributed by atoms with van der Waals surface area (Å²) in [6.45, 7) is 2.67. The van der Waals surface area contributed by atoms with E-state index in [4.69, 9.17) is 23.9 Å². The largest absolute Gasteiger partial charge is 0.500 e. The van der Waals surface area contributed by atoms with Crippen molar-refractivity contribution in [1.29, 1.82) is 0 Å². The molecule has 0 amide bonds. The number of rotatable bonds is 17. The van der Waals surface area contributed by atoms with Crippen molar-refractivity contribution in [2.75, 3.05) is 27.9 Å². The van der Waals surface area contributed by atoms with E-state index in [1.165, 1.54) is 44.9 Å². The second-order valence-electron chi connectivity index (χ2n) is 7.31. The quantitative estimate of drug-likeness (QED) is 0.123. The van der Waals surface area contributed by atoms with Crippen LogP contribution in [0.5, 0.6) is 5.75 Å². The van der Waals surface area contributed by atoms with Crippen molar-refractivity contribution in [2.45, 2.75) is 70.8 Å². The van der Waals surface area contributed by atoms with Crippen LogP contribution in [-0.4, -0.2) is 42.5 Å². The van der Waals surface area contributed by atoms with Crippen molar-refractivity contribution in [3.8, 4) is 5.75 Å². The highest BCUT2D eigenvalue weighted by molar-refractivity contribution is 6.60. The summed E-state index contributed by atoms with van der Waals surface area (Å²) in [6.07, 6.45) is 11.1. The molecular formula is C22H40N2O4Si. The van der Waals surface area contributed by atoms with Crippen molar-refractivity contribution in [3.63, 3.8) is 0 Å². The number of nitrogens with zero attached hydrogens (tertiary/aromatic N) is 1. The van der Waals surface area contributed by atoms with Crippen molar-refractivity contribution in [2.24, 2.45) is 10.9 Å². The van der Waals surface area contributed by atoms with Gasteiger partial charge >= 0.3 is 8.80 Å². The van der Waals surface area contributed by atoms with E-state index in [2.05, 4.69) is 5.10 Å². The first kappa shape index (κ1) is 25.6. The summed E-state index contributed by atoms with van der Waals surface area (Å²) in [4.78, 5) is 0. The monoisotopic (exact) mass is 424 g/mol. The van der Waals surface area contributed by atoms with Crippen LogP contribution in [0.3, 0.4) is 0 Å². The van der Waals surface area contributed by atoms with Crippen molar-refractivity contribution in [3.05, 3.63) is 29.8 Å². The molecule has 0 spiro atoms. The molecule has 1 aromatic rings. The highest BCUT2D eigenvalue weighted by atomic mass is 28.4. The van der Waals surface area contributed by atoms with Gasteiger partial charge in [-0.2, -0.15) is 5.10 Å². The summed E-state index contributed by atoms with van der Waals surface area (Å²) in [5, 5.41) is 3.70. The average Bonchev–Trinajstić information content (AvgIpc) is 2.77. The topological polar surface area (TPSA) is 75.3 Å². The molecule has 1 rings (SSSR count). The fourth-order valence-electron chi connectivity index (χ4n) is 3.29. The summed E-state index contributed by atoms with van der Waals surface area (Å²) in [5.41, 5.74) is 1.85. The van der Waals surface area contributed by atoms with Gasteiger partial charge in [-0.15, -0.1) is 0 Å². The van der Waals surface area contributed by atoms with E-state index in [0.717, 1.165) is 42.5 Å². The Morgan fingerprint density at radius 2 is 1.28 bits per heavy atom. The molecular weight excluding hydrogens is 384 g/mol. The molecule has 0 aliphatic heterocycles. The summed E-state index contributed by atoms with van der Waals surface area (Å²) in [5.74, 6) is 6.20. The zero-order chi connectivity index (χ0) is 21.4. The van der Waals surface area contributed by atoms with E-state index in [-0.39, 0.29) is 0 Å². The lowest BCUT2D eigenvalue weighted by molar-refractivity contribution is 0.122. The summed E-state index contributed by atoms with van der Waals surface area (Å²) >= 11 is 0. The first-order valence-corrected chi connectivity index (χ1v) is 12.7. The van der Waals surface area contributed by atoms with Crippen molar-refractivity contribution < 1.29 is 18.0 Å². The Balaban J connectivity index is 1.96. The Hall–Kier alpha value is -1.41. The minimum absolute atomic E-state index is 0.771. The summed E-state index contributed by atoms with van der Waals surface area (Å²) in [7, 11) is 2.67. The SMILES string of the molecule is CO[Si](CCCCCCCCCCCOc1ccc(/C(C)=N/N)cc1)(OC)OC. The smallest absolute Gasteiger partial charge is 0.494 e. The van der Waals surface area contributed by atoms with E-state index >= 15 is 0 Å². The molecule has 0 atom stereocenters. The Bertz CT molecular complexity index is 554. The average molecular weight is 425 g/mol. The molecule has 0 aromatic heterocycles. The minimum atomic E-state index is -2.37. The van der Waals surface area contributed by atoms with Crippen LogP contribution in [0.15, 0.2) is 29.4 Å². The van der Waals surface area contributed by atoms with Crippen LogP contribution in [-0.2, 0) is 13.3 Å². The second kappa shape index (κ2) is 15.4. The molecule has 0 saturated carbocycles. The fraction of sp³-hybridized carbons (Fsp3) is 0.682. The molecule has 29 heavy (non-hydrogen) atoms. The highest BCUT2D eigenvalue weighted by Gasteiger charge is 2.36. The maximum atomic E-state index is 5.80. The van der Waals surface area contributed by atoms with Gasteiger partial charge < -0.3 is 23.9 Å². The third-order valence-electron chi connectivity index (χ3n) is 5.29. The van der Waals surface area contributed by atoms with E-state index in [1.807, 2.05) is 31.2 Å². The Morgan fingerprint density at radius 3 is 1.76 bits per heavy atom. The van der Waals surface area contributed by atoms with Crippen LogP contribution in [0.2, 0.25) is 6.04 Å². The number of benzene rings is 1. The van der Waals surface area contributed by atoms with Gasteiger partial charge in [-0.3, -0.25) is 0 Å². The highest BCUT2D eigenvalue weighted by Crippen LogP contribution is 2.19. The van der Waals surface area contributed by atoms with Gasteiger partial charge in [0.1, 0.15) is 5.75 Å². The molecule has 0 aliphatic carbocycles. The Labute approximate surface area is 178 Å². The van der Waals surface area contributed by atoms with E-state index in [0.29, 0.717) is 0 Å². The number of nitrogens with two attached hydrogens (primary N) is 1. The van der Waals surface area contributed by atoms with Gasteiger partial charge in [0, 0.05) is 27.4 Å². The van der Waals surface area contributed by atoms with Gasteiger partial charge in [0.2, 0.25) is 0 Å².